The standard InChI is InChI=1S/C13H11N3O3S/c1-7-6-20-13-14-8(2)10(12(18)16(7)13)15-11(17)9-4-3-5-19-9/h3-6H,1-2H3,(H,15,17). The molecule has 0 saturated carbocycles. The van der Waals surface area contributed by atoms with Gasteiger partial charge in [-0.3, -0.25) is 14.0 Å². The van der Waals surface area contributed by atoms with Gasteiger partial charge in [0, 0.05) is 11.1 Å². The molecule has 3 heterocycles. The van der Waals surface area contributed by atoms with Gasteiger partial charge in [0.05, 0.1) is 12.0 Å². The first-order valence-electron chi connectivity index (χ1n) is 5.90. The van der Waals surface area contributed by atoms with Crippen molar-refractivity contribution in [3.63, 3.8) is 0 Å². The maximum atomic E-state index is 12.4. The maximum Gasteiger partial charge on any atom is 0.291 e. The summed E-state index contributed by atoms with van der Waals surface area (Å²) in [4.78, 5) is 29.3. The van der Waals surface area contributed by atoms with E-state index in [-0.39, 0.29) is 17.0 Å². The van der Waals surface area contributed by atoms with Gasteiger partial charge in [0.25, 0.3) is 11.5 Å². The largest absolute Gasteiger partial charge is 0.459 e. The molecular formula is C13H11N3O3S. The highest BCUT2D eigenvalue weighted by atomic mass is 32.1. The lowest BCUT2D eigenvalue weighted by molar-refractivity contribution is 0.0996. The van der Waals surface area contributed by atoms with Crippen LogP contribution >= 0.6 is 11.3 Å². The third-order valence-electron chi connectivity index (χ3n) is 2.90. The first-order valence-corrected chi connectivity index (χ1v) is 6.78. The monoisotopic (exact) mass is 289 g/mol. The maximum absolute atomic E-state index is 12.4. The number of hydrogen-bond acceptors (Lipinski definition) is 5. The number of furan rings is 1. The van der Waals surface area contributed by atoms with E-state index in [1.54, 1.807) is 13.0 Å². The van der Waals surface area contributed by atoms with E-state index in [1.807, 2.05) is 12.3 Å². The molecule has 0 atom stereocenters. The van der Waals surface area contributed by atoms with E-state index in [1.165, 1.54) is 28.1 Å². The van der Waals surface area contributed by atoms with E-state index < -0.39 is 5.91 Å². The number of aromatic nitrogens is 2. The van der Waals surface area contributed by atoms with E-state index in [0.29, 0.717) is 10.7 Å². The van der Waals surface area contributed by atoms with Gasteiger partial charge in [-0.1, -0.05) is 0 Å². The zero-order valence-corrected chi connectivity index (χ0v) is 11.7. The van der Waals surface area contributed by atoms with Crippen molar-refractivity contribution in [1.82, 2.24) is 9.38 Å². The van der Waals surface area contributed by atoms with Crippen LogP contribution in [0.3, 0.4) is 0 Å². The Labute approximate surface area is 117 Å². The van der Waals surface area contributed by atoms with Crippen LogP contribution in [0.15, 0.2) is 33.0 Å². The van der Waals surface area contributed by atoms with Crippen molar-refractivity contribution < 1.29 is 9.21 Å². The number of nitrogens with zero attached hydrogens (tertiary/aromatic N) is 2. The van der Waals surface area contributed by atoms with E-state index >= 15 is 0 Å². The molecule has 0 radical (unpaired) electrons. The Hall–Kier alpha value is -2.41. The van der Waals surface area contributed by atoms with Crippen LogP contribution in [0.2, 0.25) is 0 Å². The minimum absolute atomic E-state index is 0.149. The zero-order chi connectivity index (χ0) is 14.3. The van der Waals surface area contributed by atoms with Crippen LogP contribution < -0.4 is 10.9 Å². The van der Waals surface area contributed by atoms with Crippen LogP contribution in [0.25, 0.3) is 4.96 Å². The van der Waals surface area contributed by atoms with Crippen LogP contribution in [0, 0.1) is 13.8 Å². The van der Waals surface area contributed by atoms with Crippen molar-refractivity contribution in [1.29, 1.82) is 0 Å². The molecule has 6 nitrogen and oxygen atoms in total. The van der Waals surface area contributed by atoms with E-state index in [2.05, 4.69) is 10.3 Å². The Morgan fingerprint density at radius 2 is 2.25 bits per heavy atom. The van der Waals surface area contributed by atoms with Crippen LogP contribution in [0.4, 0.5) is 5.69 Å². The fourth-order valence-electron chi connectivity index (χ4n) is 1.91. The lowest BCUT2D eigenvalue weighted by Crippen LogP contribution is -2.24. The zero-order valence-electron chi connectivity index (χ0n) is 10.8. The molecule has 0 fully saturated rings. The average Bonchev–Trinajstić information content (AvgIpc) is 3.04. The molecule has 0 aliphatic heterocycles. The average molecular weight is 289 g/mol. The van der Waals surface area contributed by atoms with Crippen LogP contribution in [0.1, 0.15) is 21.9 Å². The van der Waals surface area contributed by atoms with Gasteiger partial charge < -0.3 is 9.73 Å². The number of nitrogens with one attached hydrogen (secondary N) is 1. The number of amides is 1. The summed E-state index contributed by atoms with van der Waals surface area (Å²) in [5.41, 5.74) is 1.16. The van der Waals surface area contributed by atoms with Crippen LogP contribution in [-0.2, 0) is 0 Å². The number of anilines is 1. The number of rotatable bonds is 2. The van der Waals surface area contributed by atoms with E-state index in [4.69, 9.17) is 4.42 Å². The summed E-state index contributed by atoms with van der Waals surface area (Å²) in [6, 6.07) is 3.14. The van der Waals surface area contributed by atoms with Crippen molar-refractivity contribution in [3.8, 4) is 0 Å². The molecular weight excluding hydrogens is 278 g/mol. The van der Waals surface area contributed by atoms with Gasteiger partial charge in [0.2, 0.25) is 0 Å². The minimum Gasteiger partial charge on any atom is -0.459 e. The molecule has 0 bridgehead atoms. The van der Waals surface area contributed by atoms with Crippen molar-refractivity contribution in [2.24, 2.45) is 0 Å². The summed E-state index contributed by atoms with van der Waals surface area (Å²) in [5, 5.41) is 4.41. The van der Waals surface area contributed by atoms with Crippen LogP contribution in [0.5, 0.6) is 0 Å². The number of carbonyl (C=O) groups is 1. The quantitative estimate of drug-likeness (QED) is 0.784. The Balaban J connectivity index is 2.10. The highest BCUT2D eigenvalue weighted by molar-refractivity contribution is 7.15. The third-order valence-corrected chi connectivity index (χ3v) is 3.85. The number of hydrogen-bond donors (Lipinski definition) is 1. The summed E-state index contributed by atoms with van der Waals surface area (Å²) in [6.45, 7) is 3.51. The molecule has 0 aliphatic rings. The molecule has 1 N–H and O–H groups in total. The molecule has 0 spiro atoms. The second-order valence-electron chi connectivity index (χ2n) is 4.30. The van der Waals surface area contributed by atoms with Gasteiger partial charge in [-0.25, -0.2) is 4.98 Å². The van der Waals surface area contributed by atoms with Crippen molar-refractivity contribution >= 4 is 27.9 Å². The fourth-order valence-corrected chi connectivity index (χ4v) is 2.81. The predicted molar refractivity (Wildman–Crippen MR) is 75.5 cm³/mol. The molecule has 0 unspecified atom stereocenters. The smallest absolute Gasteiger partial charge is 0.291 e. The first kappa shape index (κ1) is 12.6. The molecule has 1 amide bonds. The van der Waals surface area contributed by atoms with Gasteiger partial charge in [-0.2, -0.15) is 0 Å². The summed E-state index contributed by atoms with van der Waals surface area (Å²) >= 11 is 1.39. The van der Waals surface area contributed by atoms with E-state index in [9.17, 15) is 9.59 Å². The molecule has 3 aromatic rings. The van der Waals surface area contributed by atoms with Crippen molar-refractivity contribution in [3.05, 3.63) is 51.3 Å². The predicted octanol–water partition coefficient (Wildman–Crippen LogP) is 2.22. The molecule has 7 heteroatoms. The van der Waals surface area contributed by atoms with Gasteiger partial charge in [-0.05, 0) is 26.0 Å². The van der Waals surface area contributed by atoms with Gasteiger partial charge in [-0.15, -0.1) is 11.3 Å². The number of fused-ring (bicyclic) bond motifs is 1. The second-order valence-corrected chi connectivity index (χ2v) is 5.14. The lowest BCUT2D eigenvalue weighted by Gasteiger charge is -2.06. The topological polar surface area (TPSA) is 76.6 Å². The normalized spacial score (nSPS) is 10.9. The van der Waals surface area contributed by atoms with Crippen LogP contribution in [-0.4, -0.2) is 15.3 Å². The molecule has 3 rings (SSSR count). The molecule has 3 aromatic heterocycles. The summed E-state index contributed by atoms with van der Waals surface area (Å²) in [5.74, 6) is -0.319. The molecule has 0 saturated heterocycles. The lowest BCUT2D eigenvalue weighted by atomic mass is 10.3. The Bertz CT molecular complexity index is 846. The molecule has 0 aromatic carbocycles. The number of carbonyl (C=O) groups excluding carboxylic acids is 1. The fraction of sp³-hybridized carbons (Fsp3) is 0.154. The third kappa shape index (κ3) is 1.92. The highest BCUT2D eigenvalue weighted by Crippen LogP contribution is 2.16. The van der Waals surface area contributed by atoms with Crippen molar-refractivity contribution in [2.45, 2.75) is 13.8 Å². The summed E-state index contributed by atoms with van der Waals surface area (Å²) in [7, 11) is 0. The Morgan fingerprint density at radius 1 is 1.45 bits per heavy atom. The van der Waals surface area contributed by atoms with Crippen molar-refractivity contribution in [2.75, 3.05) is 5.32 Å². The highest BCUT2D eigenvalue weighted by Gasteiger charge is 2.16. The Morgan fingerprint density at radius 3 is 2.95 bits per heavy atom. The number of aryl methyl sites for hydroxylation is 2. The van der Waals surface area contributed by atoms with Gasteiger partial charge in [0.15, 0.2) is 10.7 Å². The summed E-state index contributed by atoms with van der Waals surface area (Å²) < 4.78 is 6.49. The Kier molecular flexibility index (Phi) is 2.90. The van der Waals surface area contributed by atoms with E-state index in [0.717, 1.165) is 5.69 Å². The first-order chi connectivity index (χ1) is 9.58. The second kappa shape index (κ2) is 4.61. The minimum atomic E-state index is -0.468. The SMILES string of the molecule is Cc1nc2scc(C)n2c(=O)c1NC(=O)c1ccco1. The van der Waals surface area contributed by atoms with Gasteiger partial charge >= 0.3 is 0 Å². The molecule has 0 aliphatic carbocycles. The molecule has 102 valence electrons. The number of thiazole rings is 1. The molecule has 20 heavy (non-hydrogen) atoms. The summed E-state index contributed by atoms with van der Waals surface area (Å²) in [6.07, 6.45) is 1.40. The van der Waals surface area contributed by atoms with Gasteiger partial charge in [0.1, 0.15) is 5.69 Å².